The maximum Gasteiger partial charge on any atom is 0.0794 e. The summed E-state index contributed by atoms with van der Waals surface area (Å²) in [6.45, 7) is 0.893. The summed E-state index contributed by atoms with van der Waals surface area (Å²) in [7, 11) is 0. The molecule has 16 heavy (non-hydrogen) atoms. The lowest BCUT2D eigenvalue weighted by molar-refractivity contribution is 0.976. The first-order valence-electron chi connectivity index (χ1n) is 4.91. The molecule has 0 fully saturated rings. The lowest BCUT2D eigenvalue weighted by Gasteiger charge is -2.08. The van der Waals surface area contributed by atoms with Crippen LogP contribution >= 0.6 is 33.9 Å². The fraction of sp³-hybridized carbons (Fsp3) is 0.182. The zero-order valence-electron chi connectivity index (χ0n) is 8.61. The molecule has 84 valence electrons. The third kappa shape index (κ3) is 3.08. The topological polar surface area (TPSA) is 50.9 Å². The first-order chi connectivity index (χ1) is 7.75. The number of halogens is 1. The number of nitrogens with two attached hydrogens (primary N) is 1. The Bertz CT molecular complexity index is 456. The van der Waals surface area contributed by atoms with Crippen molar-refractivity contribution >= 4 is 45.3 Å². The Morgan fingerprint density at radius 1 is 1.44 bits per heavy atom. The Morgan fingerprint density at radius 3 is 3.00 bits per heavy atom. The molecule has 1 aromatic heterocycles. The molecule has 0 unspecified atom stereocenters. The second kappa shape index (κ2) is 5.49. The fourth-order valence-corrected chi connectivity index (χ4v) is 2.68. The van der Waals surface area contributed by atoms with Crippen molar-refractivity contribution in [3.8, 4) is 0 Å². The van der Waals surface area contributed by atoms with Crippen LogP contribution in [-0.2, 0) is 6.42 Å². The van der Waals surface area contributed by atoms with Crippen LogP contribution in [0.15, 0.2) is 29.1 Å². The van der Waals surface area contributed by atoms with E-state index < -0.39 is 0 Å². The number of anilines is 2. The molecule has 0 aliphatic rings. The monoisotopic (exact) mass is 345 g/mol. The molecule has 5 heteroatoms. The minimum atomic E-state index is 0.800. The van der Waals surface area contributed by atoms with E-state index in [2.05, 4.69) is 38.3 Å². The Kier molecular flexibility index (Phi) is 4.00. The molecule has 0 bridgehead atoms. The highest BCUT2D eigenvalue weighted by Crippen LogP contribution is 2.20. The maximum absolute atomic E-state index is 5.69. The van der Waals surface area contributed by atoms with Crippen LogP contribution in [0.4, 0.5) is 11.4 Å². The first kappa shape index (κ1) is 11.7. The van der Waals surface area contributed by atoms with Gasteiger partial charge in [-0.2, -0.15) is 0 Å². The molecule has 0 radical (unpaired) electrons. The van der Waals surface area contributed by atoms with Gasteiger partial charge in [-0.25, -0.2) is 4.98 Å². The fourth-order valence-electron chi connectivity index (χ4n) is 1.36. The van der Waals surface area contributed by atoms with Crippen LogP contribution < -0.4 is 11.1 Å². The number of hydrogen-bond acceptors (Lipinski definition) is 4. The van der Waals surface area contributed by atoms with Gasteiger partial charge in [0.05, 0.1) is 11.2 Å². The van der Waals surface area contributed by atoms with Crippen LogP contribution in [0.2, 0.25) is 0 Å². The number of aromatic nitrogens is 1. The zero-order valence-corrected chi connectivity index (χ0v) is 11.6. The second-order valence-corrected chi connectivity index (χ2v) is 5.28. The van der Waals surface area contributed by atoms with Gasteiger partial charge in [-0.3, -0.25) is 0 Å². The summed E-state index contributed by atoms with van der Waals surface area (Å²) in [6.07, 6.45) is 0.948. The summed E-state index contributed by atoms with van der Waals surface area (Å²) in [5, 5.41) is 5.46. The van der Waals surface area contributed by atoms with Gasteiger partial charge in [0.2, 0.25) is 0 Å². The molecule has 0 amide bonds. The van der Waals surface area contributed by atoms with Crippen molar-refractivity contribution < 1.29 is 0 Å². The maximum atomic E-state index is 5.69. The van der Waals surface area contributed by atoms with Crippen molar-refractivity contribution in [3.63, 3.8) is 0 Å². The Hall–Kier alpha value is -0.820. The van der Waals surface area contributed by atoms with E-state index in [1.807, 2.05) is 23.7 Å². The van der Waals surface area contributed by atoms with Gasteiger partial charge in [0.25, 0.3) is 0 Å². The summed E-state index contributed by atoms with van der Waals surface area (Å²) in [5.41, 5.74) is 10.6. The number of nitrogens with zero attached hydrogens (tertiary/aromatic N) is 1. The van der Waals surface area contributed by atoms with Crippen molar-refractivity contribution in [2.24, 2.45) is 0 Å². The molecular weight excluding hydrogens is 333 g/mol. The molecule has 3 N–H and O–H groups in total. The summed E-state index contributed by atoms with van der Waals surface area (Å²) >= 11 is 3.92. The average Bonchev–Trinajstić information content (AvgIpc) is 2.74. The molecule has 0 saturated carbocycles. The number of benzene rings is 1. The molecular formula is C11H12IN3S. The lowest BCUT2D eigenvalue weighted by atomic mass is 10.2. The quantitative estimate of drug-likeness (QED) is 0.662. The van der Waals surface area contributed by atoms with Gasteiger partial charge in [-0.05, 0) is 40.8 Å². The molecule has 0 spiro atoms. The van der Waals surface area contributed by atoms with Gasteiger partial charge in [-0.15, -0.1) is 11.3 Å². The SMILES string of the molecule is Nc1ccc(NCCc2cscn2)c(I)c1. The van der Waals surface area contributed by atoms with E-state index in [9.17, 15) is 0 Å². The Morgan fingerprint density at radius 2 is 2.31 bits per heavy atom. The van der Waals surface area contributed by atoms with E-state index in [-0.39, 0.29) is 0 Å². The molecule has 1 aromatic carbocycles. The Labute approximate surface area is 112 Å². The normalized spacial score (nSPS) is 10.3. The third-order valence-electron chi connectivity index (χ3n) is 2.17. The van der Waals surface area contributed by atoms with E-state index in [0.717, 1.165) is 33.6 Å². The first-order valence-corrected chi connectivity index (χ1v) is 6.94. The van der Waals surface area contributed by atoms with Crippen molar-refractivity contribution in [3.05, 3.63) is 38.4 Å². The van der Waals surface area contributed by atoms with Gasteiger partial charge >= 0.3 is 0 Å². The predicted molar refractivity (Wildman–Crippen MR) is 77.9 cm³/mol. The second-order valence-electron chi connectivity index (χ2n) is 3.40. The number of thiazole rings is 1. The highest BCUT2D eigenvalue weighted by Gasteiger charge is 2.00. The van der Waals surface area contributed by atoms with Crippen molar-refractivity contribution in [1.29, 1.82) is 0 Å². The number of hydrogen-bond donors (Lipinski definition) is 2. The van der Waals surface area contributed by atoms with Crippen molar-refractivity contribution in [1.82, 2.24) is 4.98 Å². The highest BCUT2D eigenvalue weighted by atomic mass is 127. The van der Waals surface area contributed by atoms with Crippen LogP contribution in [0, 0.1) is 3.57 Å². The molecule has 1 heterocycles. The van der Waals surface area contributed by atoms with Crippen molar-refractivity contribution in [2.75, 3.05) is 17.6 Å². The van der Waals surface area contributed by atoms with Crippen LogP contribution in [0.5, 0.6) is 0 Å². The standard InChI is InChI=1S/C11H12IN3S/c12-10-5-8(13)1-2-11(10)14-4-3-9-6-16-7-15-9/h1-2,5-7,14H,3-4,13H2. The molecule has 0 aliphatic heterocycles. The average molecular weight is 345 g/mol. The predicted octanol–water partition coefficient (Wildman–Crippen LogP) is 2.98. The smallest absolute Gasteiger partial charge is 0.0794 e. The van der Waals surface area contributed by atoms with E-state index >= 15 is 0 Å². The molecule has 2 rings (SSSR count). The lowest BCUT2D eigenvalue weighted by Crippen LogP contribution is -2.06. The molecule has 3 nitrogen and oxygen atoms in total. The van der Waals surface area contributed by atoms with Crippen LogP contribution in [0.3, 0.4) is 0 Å². The molecule has 2 aromatic rings. The third-order valence-corrected chi connectivity index (χ3v) is 3.70. The largest absolute Gasteiger partial charge is 0.399 e. The minimum absolute atomic E-state index is 0.800. The Balaban J connectivity index is 1.90. The number of nitrogens with one attached hydrogen (secondary N) is 1. The molecule has 0 atom stereocenters. The summed E-state index contributed by atoms with van der Waals surface area (Å²) in [6, 6.07) is 5.89. The minimum Gasteiger partial charge on any atom is -0.399 e. The van der Waals surface area contributed by atoms with Crippen LogP contribution in [0.25, 0.3) is 0 Å². The molecule has 0 saturated heterocycles. The van der Waals surface area contributed by atoms with E-state index in [0.29, 0.717) is 0 Å². The molecule has 0 aliphatic carbocycles. The number of rotatable bonds is 4. The van der Waals surface area contributed by atoms with Crippen LogP contribution in [0.1, 0.15) is 5.69 Å². The van der Waals surface area contributed by atoms with E-state index in [4.69, 9.17) is 5.73 Å². The van der Waals surface area contributed by atoms with Gasteiger partial charge in [-0.1, -0.05) is 0 Å². The van der Waals surface area contributed by atoms with Gasteiger partial charge in [0.1, 0.15) is 0 Å². The van der Waals surface area contributed by atoms with Gasteiger partial charge < -0.3 is 11.1 Å². The summed E-state index contributed by atoms with van der Waals surface area (Å²) in [5.74, 6) is 0. The van der Waals surface area contributed by atoms with Crippen molar-refractivity contribution in [2.45, 2.75) is 6.42 Å². The summed E-state index contributed by atoms with van der Waals surface area (Å²) < 4.78 is 1.15. The number of nitrogen functional groups attached to an aromatic ring is 1. The zero-order chi connectivity index (χ0) is 11.4. The van der Waals surface area contributed by atoms with Gasteiger partial charge in [0, 0.05) is 33.3 Å². The van der Waals surface area contributed by atoms with E-state index in [1.54, 1.807) is 11.3 Å². The van der Waals surface area contributed by atoms with E-state index in [1.165, 1.54) is 0 Å². The highest BCUT2D eigenvalue weighted by molar-refractivity contribution is 14.1. The summed E-state index contributed by atoms with van der Waals surface area (Å²) in [4.78, 5) is 4.24. The van der Waals surface area contributed by atoms with Crippen LogP contribution in [-0.4, -0.2) is 11.5 Å². The van der Waals surface area contributed by atoms with Gasteiger partial charge in [0.15, 0.2) is 0 Å².